The van der Waals surface area contributed by atoms with Crippen LogP contribution in [0.5, 0.6) is 0 Å². The lowest BCUT2D eigenvalue weighted by Crippen LogP contribution is -2.40. The molecule has 1 amide bonds. The van der Waals surface area contributed by atoms with Crippen molar-refractivity contribution in [2.24, 2.45) is 4.99 Å². The van der Waals surface area contributed by atoms with Crippen LogP contribution in [0.4, 0.5) is 0 Å². The number of amides is 1. The summed E-state index contributed by atoms with van der Waals surface area (Å²) in [4.78, 5) is 20.8. The molecule has 1 aromatic carbocycles. The molecular formula is C20H36IN5O. The van der Waals surface area contributed by atoms with E-state index in [4.69, 9.17) is 0 Å². The molecule has 0 unspecified atom stereocenters. The van der Waals surface area contributed by atoms with Gasteiger partial charge in [-0.3, -0.25) is 4.79 Å². The number of aliphatic imine (C=N–C) groups is 1. The summed E-state index contributed by atoms with van der Waals surface area (Å²) in [6.07, 6.45) is 0.476. The van der Waals surface area contributed by atoms with Gasteiger partial charge in [-0.05, 0) is 46.0 Å². The summed E-state index contributed by atoms with van der Waals surface area (Å²) in [6, 6.07) is 8.38. The molecule has 0 fully saturated rings. The van der Waals surface area contributed by atoms with E-state index in [1.54, 1.807) is 0 Å². The molecule has 6 nitrogen and oxygen atoms in total. The zero-order chi connectivity index (χ0) is 19.4. The molecule has 0 radical (unpaired) electrons. The predicted octanol–water partition coefficient (Wildman–Crippen LogP) is 2.68. The van der Waals surface area contributed by atoms with Crippen molar-refractivity contribution in [1.82, 2.24) is 20.4 Å². The second-order valence-corrected chi connectivity index (χ2v) is 6.44. The van der Waals surface area contributed by atoms with E-state index in [2.05, 4.69) is 52.8 Å². The molecule has 1 rings (SSSR count). The van der Waals surface area contributed by atoms with Gasteiger partial charge in [0.2, 0.25) is 5.91 Å². The Labute approximate surface area is 181 Å². The lowest BCUT2D eigenvalue weighted by atomic mass is 10.1. The molecular weight excluding hydrogens is 453 g/mol. The monoisotopic (exact) mass is 489 g/mol. The maximum absolute atomic E-state index is 12.1. The summed E-state index contributed by atoms with van der Waals surface area (Å²) in [6.45, 7) is 10.4. The summed E-state index contributed by atoms with van der Waals surface area (Å²) < 4.78 is 0. The molecule has 1 aromatic rings. The molecule has 0 spiro atoms. The van der Waals surface area contributed by atoms with Gasteiger partial charge in [0.1, 0.15) is 0 Å². The van der Waals surface area contributed by atoms with Crippen LogP contribution in [-0.2, 0) is 17.9 Å². The highest BCUT2D eigenvalue weighted by Gasteiger charge is 2.09. The maximum Gasteiger partial charge on any atom is 0.224 e. The first kappa shape index (κ1) is 25.6. The van der Waals surface area contributed by atoms with Gasteiger partial charge in [0.05, 0.1) is 6.54 Å². The second-order valence-electron chi connectivity index (χ2n) is 6.44. The Morgan fingerprint density at radius 3 is 2.22 bits per heavy atom. The maximum atomic E-state index is 12.1. The number of hydrogen-bond donors (Lipinski definition) is 2. The van der Waals surface area contributed by atoms with Crippen LogP contribution >= 0.6 is 24.0 Å². The summed E-state index contributed by atoms with van der Waals surface area (Å²) in [5.74, 6) is 0.925. The van der Waals surface area contributed by atoms with Gasteiger partial charge in [0.25, 0.3) is 0 Å². The standard InChI is InChI=1S/C20H35N5O.HI/c1-6-21-20(22-14-13-19(26)25(7-2)8-3)23-15-17-11-9-10-12-18(17)16-24(4)5;/h9-12H,6-8,13-16H2,1-5H3,(H2,21,22,23);1H. The van der Waals surface area contributed by atoms with Gasteiger partial charge < -0.3 is 20.4 Å². The minimum atomic E-state index is 0. The minimum Gasteiger partial charge on any atom is -0.357 e. The Hall–Kier alpha value is -1.35. The number of carbonyl (C=O) groups excluding carboxylic acids is 1. The number of benzene rings is 1. The zero-order valence-electron chi connectivity index (χ0n) is 17.4. The highest BCUT2D eigenvalue weighted by atomic mass is 127. The SMILES string of the molecule is CCNC(=NCc1ccccc1CN(C)C)NCCC(=O)N(CC)CC.I. The van der Waals surface area contributed by atoms with Crippen LogP contribution in [0.25, 0.3) is 0 Å². The van der Waals surface area contributed by atoms with E-state index in [1.165, 1.54) is 11.1 Å². The van der Waals surface area contributed by atoms with Gasteiger partial charge in [-0.15, -0.1) is 24.0 Å². The van der Waals surface area contributed by atoms with Gasteiger partial charge in [-0.1, -0.05) is 24.3 Å². The van der Waals surface area contributed by atoms with Crippen molar-refractivity contribution in [2.45, 2.75) is 40.3 Å². The molecule has 0 atom stereocenters. The average molecular weight is 489 g/mol. The van der Waals surface area contributed by atoms with Crippen molar-refractivity contribution in [1.29, 1.82) is 0 Å². The van der Waals surface area contributed by atoms with Crippen LogP contribution in [-0.4, -0.2) is 61.9 Å². The van der Waals surface area contributed by atoms with Crippen LogP contribution in [0.2, 0.25) is 0 Å². The number of nitrogens with one attached hydrogen (secondary N) is 2. The van der Waals surface area contributed by atoms with E-state index in [0.717, 1.165) is 32.1 Å². The van der Waals surface area contributed by atoms with Crippen LogP contribution in [0.15, 0.2) is 29.3 Å². The highest BCUT2D eigenvalue weighted by Crippen LogP contribution is 2.11. The molecule has 0 aliphatic rings. The van der Waals surface area contributed by atoms with Crippen LogP contribution in [0, 0.1) is 0 Å². The van der Waals surface area contributed by atoms with Crippen LogP contribution in [0.3, 0.4) is 0 Å². The quantitative estimate of drug-likeness (QED) is 0.302. The number of nitrogens with zero attached hydrogens (tertiary/aromatic N) is 3. The van der Waals surface area contributed by atoms with Gasteiger partial charge in [-0.2, -0.15) is 0 Å². The molecule has 0 saturated carbocycles. The van der Waals surface area contributed by atoms with Crippen molar-refractivity contribution in [3.8, 4) is 0 Å². The fraction of sp³-hybridized carbons (Fsp3) is 0.600. The number of rotatable bonds is 10. The lowest BCUT2D eigenvalue weighted by Gasteiger charge is -2.19. The second kappa shape index (κ2) is 14.7. The first-order valence-corrected chi connectivity index (χ1v) is 9.53. The summed E-state index contributed by atoms with van der Waals surface area (Å²) >= 11 is 0. The smallest absolute Gasteiger partial charge is 0.224 e. The molecule has 27 heavy (non-hydrogen) atoms. The summed E-state index contributed by atoms with van der Waals surface area (Å²) in [5.41, 5.74) is 2.51. The molecule has 0 aliphatic carbocycles. The molecule has 154 valence electrons. The average Bonchev–Trinajstić information content (AvgIpc) is 2.61. The number of hydrogen-bond acceptors (Lipinski definition) is 3. The summed E-state index contributed by atoms with van der Waals surface area (Å²) in [5, 5.41) is 6.51. The van der Waals surface area contributed by atoms with Crippen molar-refractivity contribution in [2.75, 3.05) is 40.3 Å². The molecule has 0 bridgehead atoms. The minimum absolute atomic E-state index is 0. The number of halogens is 1. The van der Waals surface area contributed by atoms with Crippen LogP contribution < -0.4 is 10.6 Å². The van der Waals surface area contributed by atoms with Crippen molar-refractivity contribution < 1.29 is 4.79 Å². The first-order valence-electron chi connectivity index (χ1n) is 9.53. The molecule has 0 heterocycles. The third kappa shape index (κ3) is 9.95. The van der Waals surface area contributed by atoms with Gasteiger partial charge in [0, 0.05) is 39.1 Å². The Morgan fingerprint density at radius 1 is 1.04 bits per heavy atom. The van der Waals surface area contributed by atoms with E-state index in [-0.39, 0.29) is 29.9 Å². The molecule has 2 N–H and O–H groups in total. The topological polar surface area (TPSA) is 60.0 Å². The van der Waals surface area contributed by atoms with Gasteiger partial charge in [0.15, 0.2) is 5.96 Å². The fourth-order valence-corrected chi connectivity index (χ4v) is 2.73. The van der Waals surface area contributed by atoms with Gasteiger partial charge in [-0.25, -0.2) is 4.99 Å². The third-order valence-electron chi connectivity index (χ3n) is 4.10. The molecule has 7 heteroatoms. The Balaban J connectivity index is 0.00000676. The Kier molecular flexibility index (Phi) is 13.9. The Bertz CT molecular complexity index is 573. The van der Waals surface area contributed by atoms with E-state index in [9.17, 15) is 4.79 Å². The van der Waals surface area contributed by atoms with Gasteiger partial charge >= 0.3 is 0 Å². The lowest BCUT2D eigenvalue weighted by molar-refractivity contribution is -0.130. The fourth-order valence-electron chi connectivity index (χ4n) is 2.73. The molecule has 0 aromatic heterocycles. The van der Waals surface area contributed by atoms with Crippen molar-refractivity contribution in [3.05, 3.63) is 35.4 Å². The van der Waals surface area contributed by atoms with Crippen LogP contribution in [0.1, 0.15) is 38.3 Å². The number of guanidine groups is 1. The first-order chi connectivity index (χ1) is 12.5. The van der Waals surface area contributed by atoms with E-state index >= 15 is 0 Å². The van der Waals surface area contributed by atoms with Crippen molar-refractivity contribution in [3.63, 3.8) is 0 Å². The van der Waals surface area contributed by atoms with E-state index in [0.29, 0.717) is 19.5 Å². The zero-order valence-corrected chi connectivity index (χ0v) is 19.7. The highest BCUT2D eigenvalue weighted by molar-refractivity contribution is 14.0. The predicted molar refractivity (Wildman–Crippen MR) is 125 cm³/mol. The van der Waals surface area contributed by atoms with Crippen molar-refractivity contribution >= 4 is 35.8 Å². The molecule has 0 saturated heterocycles. The summed E-state index contributed by atoms with van der Waals surface area (Å²) in [7, 11) is 4.14. The largest absolute Gasteiger partial charge is 0.357 e. The Morgan fingerprint density at radius 2 is 1.67 bits per heavy atom. The molecule has 0 aliphatic heterocycles. The normalized spacial score (nSPS) is 11.1. The van der Waals surface area contributed by atoms with E-state index < -0.39 is 0 Å². The third-order valence-corrected chi connectivity index (χ3v) is 4.10. The number of carbonyl (C=O) groups is 1. The van der Waals surface area contributed by atoms with E-state index in [1.807, 2.05) is 31.7 Å².